The van der Waals surface area contributed by atoms with Crippen LogP contribution in [0.2, 0.25) is 0 Å². The molecule has 0 unspecified atom stereocenters. The average molecular weight is 400 g/mol. The summed E-state index contributed by atoms with van der Waals surface area (Å²) in [5.41, 5.74) is 2.62. The molecular weight excluding hydrogens is 373 g/mol. The number of likely N-dealkylation sites (N-methyl/N-ethyl adjacent to an activating group) is 1. The number of amides is 1. The third kappa shape index (κ3) is 4.56. The van der Waals surface area contributed by atoms with Gasteiger partial charge in [0.2, 0.25) is 0 Å². The van der Waals surface area contributed by atoms with Crippen molar-refractivity contribution in [3.05, 3.63) is 59.4 Å². The van der Waals surface area contributed by atoms with Crippen molar-refractivity contribution in [2.75, 3.05) is 31.1 Å². The lowest BCUT2D eigenvalue weighted by atomic mass is 10.2. The molecule has 2 aromatic carbocycles. The summed E-state index contributed by atoms with van der Waals surface area (Å²) in [7, 11) is 0. The van der Waals surface area contributed by atoms with Crippen molar-refractivity contribution in [1.82, 2.24) is 9.88 Å². The van der Waals surface area contributed by atoms with Crippen molar-refractivity contribution in [1.29, 1.82) is 0 Å². The SMILES string of the molecule is CCc1ccc2nc(N(CCN(CC)CC)C(=O)c3ccc(F)cc3)sc2c1. The first-order valence-electron chi connectivity index (χ1n) is 9.74. The third-order valence-electron chi connectivity index (χ3n) is 4.95. The van der Waals surface area contributed by atoms with Crippen molar-refractivity contribution in [2.24, 2.45) is 0 Å². The van der Waals surface area contributed by atoms with E-state index in [4.69, 9.17) is 4.98 Å². The van der Waals surface area contributed by atoms with E-state index >= 15 is 0 Å². The Morgan fingerprint density at radius 3 is 2.39 bits per heavy atom. The Hall–Kier alpha value is -2.31. The summed E-state index contributed by atoms with van der Waals surface area (Å²) in [5, 5.41) is 0.685. The van der Waals surface area contributed by atoms with Crippen LogP contribution in [0.1, 0.15) is 36.7 Å². The zero-order valence-electron chi connectivity index (χ0n) is 16.6. The van der Waals surface area contributed by atoms with Gasteiger partial charge in [0.15, 0.2) is 5.13 Å². The van der Waals surface area contributed by atoms with Crippen LogP contribution >= 0.6 is 11.3 Å². The number of aromatic nitrogens is 1. The van der Waals surface area contributed by atoms with Crippen LogP contribution in [0.5, 0.6) is 0 Å². The predicted molar refractivity (Wildman–Crippen MR) is 115 cm³/mol. The molecule has 1 aromatic heterocycles. The molecule has 4 nitrogen and oxygen atoms in total. The highest BCUT2D eigenvalue weighted by Gasteiger charge is 2.22. The molecule has 0 spiro atoms. The van der Waals surface area contributed by atoms with Crippen molar-refractivity contribution < 1.29 is 9.18 Å². The number of aryl methyl sites for hydroxylation is 1. The summed E-state index contributed by atoms with van der Waals surface area (Å²) in [6, 6.07) is 11.9. The van der Waals surface area contributed by atoms with E-state index in [-0.39, 0.29) is 11.7 Å². The van der Waals surface area contributed by atoms with Gasteiger partial charge in [-0.25, -0.2) is 9.37 Å². The van der Waals surface area contributed by atoms with Crippen LogP contribution in [0, 0.1) is 5.82 Å². The van der Waals surface area contributed by atoms with E-state index in [1.54, 1.807) is 4.90 Å². The fraction of sp³-hybridized carbons (Fsp3) is 0.364. The molecule has 0 aliphatic carbocycles. The number of fused-ring (bicyclic) bond motifs is 1. The molecule has 6 heteroatoms. The Morgan fingerprint density at radius 1 is 1.04 bits per heavy atom. The standard InChI is InChI=1S/C22H26FN3OS/c1-4-16-7-12-19-20(15-16)28-22(24-19)26(14-13-25(5-2)6-3)21(27)17-8-10-18(23)11-9-17/h7-12,15H,4-6,13-14H2,1-3H3. The van der Waals surface area contributed by atoms with Gasteiger partial charge in [0, 0.05) is 18.7 Å². The van der Waals surface area contributed by atoms with Crippen LogP contribution < -0.4 is 4.90 Å². The van der Waals surface area contributed by atoms with Gasteiger partial charge in [-0.1, -0.05) is 38.2 Å². The van der Waals surface area contributed by atoms with Crippen LogP contribution in [0.4, 0.5) is 9.52 Å². The molecule has 148 valence electrons. The first-order valence-corrected chi connectivity index (χ1v) is 10.6. The summed E-state index contributed by atoms with van der Waals surface area (Å²) in [6.07, 6.45) is 0.962. The molecule has 0 fully saturated rings. The maximum Gasteiger partial charge on any atom is 0.260 e. The molecule has 0 N–H and O–H groups in total. The van der Waals surface area contributed by atoms with Crippen LogP contribution in [0.25, 0.3) is 10.2 Å². The third-order valence-corrected chi connectivity index (χ3v) is 5.99. The number of thiazole rings is 1. The molecule has 0 saturated heterocycles. The highest BCUT2D eigenvalue weighted by Crippen LogP contribution is 2.30. The second kappa shape index (κ2) is 9.26. The minimum Gasteiger partial charge on any atom is -0.302 e. The molecule has 0 aliphatic rings. The van der Waals surface area contributed by atoms with E-state index in [9.17, 15) is 9.18 Å². The zero-order chi connectivity index (χ0) is 20.1. The van der Waals surface area contributed by atoms with Crippen LogP contribution in [-0.4, -0.2) is 42.0 Å². The fourth-order valence-electron chi connectivity index (χ4n) is 3.11. The zero-order valence-corrected chi connectivity index (χ0v) is 17.4. The van der Waals surface area contributed by atoms with Gasteiger partial charge in [0.05, 0.1) is 10.2 Å². The fourth-order valence-corrected chi connectivity index (χ4v) is 4.16. The number of benzene rings is 2. The predicted octanol–water partition coefficient (Wildman–Crippen LogP) is 4.99. The van der Waals surface area contributed by atoms with Crippen molar-refractivity contribution >= 4 is 32.6 Å². The van der Waals surface area contributed by atoms with Gasteiger partial charge >= 0.3 is 0 Å². The summed E-state index contributed by atoms with van der Waals surface area (Å²) in [4.78, 5) is 21.9. The van der Waals surface area contributed by atoms with Crippen molar-refractivity contribution in [2.45, 2.75) is 27.2 Å². The van der Waals surface area contributed by atoms with Gasteiger partial charge in [-0.2, -0.15) is 0 Å². The Balaban J connectivity index is 1.94. The second-order valence-electron chi connectivity index (χ2n) is 6.64. The lowest BCUT2D eigenvalue weighted by Gasteiger charge is -2.24. The molecule has 0 atom stereocenters. The molecule has 0 saturated carbocycles. The Morgan fingerprint density at radius 2 is 1.75 bits per heavy atom. The van der Waals surface area contributed by atoms with Crippen LogP contribution in [0.3, 0.4) is 0 Å². The number of hydrogen-bond acceptors (Lipinski definition) is 4. The smallest absolute Gasteiger partial charge is 0.260 e. The van der Waals surface area contributed by atoms with Crippen LogP contribution in [-0.2, 0) is 6.42 Å². The molecule has 0 aliphatic heterocycles. The first-order chi connectivity index (χ1) is 13.5. The molecule has 28 heavy (non-hydrogen) atoms. The summed E-state index contributed by atoms with van der Waals surface area (Å²) in [6.45, 7) is 9.49. The Labute approximate surface area is 169 Å². The number of rotatable bonds is 8. The average Bonchev–Trinajstić information content (AvgIpc) is 3.14. The minimum atomic E-state index is -0.349. The summed E-state index contributed by atoms with van der Waals surface area (Å²) < 4.78 is 14.4. The normalized spacial score (nSPS) is 11.3. The van der Waals surface area contributed by atoms with Crippen molar-refractivity contribution in [3.63, 3.8) is 0 Å². The number of hydrogen-bond donors (Lipinski definition) is 0. The largest absolute Gasteiger partial charge is 0.302 e. The highest BCUT2D eigenvalue weighted by molar-refractivity contribution is 7.22. The number of anilines is 1. The monoisotopic (exact) mass is 399 g/mol. The number of nitrogens with zero attached hydrogens (tertiary/aromatic N) is 3. The van der Waals surface area contributed by atoms with E-state index in [1.165, 1.54) is 41.2 Å². The quantitative estimate of drug-likeness (QED) is 0.536. The first kappa shape index (κ1) is 20.4. The van der Waals surface area contributed by atoms with Gasteiger partial charge in [-0.05, 0) is 61.5 Å². The van der Waals surface area contributed by atoms with Crippen molar-refractivity contribution in [3.8, 4) is 0 Å². The van der Waals surface area contributed by atoms with Crippen LogP contribution in [0.15, 0.2) is 42.5 Å². The number of carbonyl (C=O) groups is 1. The molecule has 1 heterocycles. The topological polar surface area (TPSA) is 36.4 Å². The number of halogens is 1. The van der Waals surface area contributed by atoms with Gasteiger partial charge in [-0.3, -0.25) is 9.69 Å². The number of carbonyl (C=O) groups excluding carboxylic acids is 1. The minimum absolute atomic E-state index is 0.151. The van der Waals surface area contributed by atoms with Gasteiger partial charge in [-0.15, -0.1) is 0 Å². The molecule has 1 amide bonds. The maximum absolute atomic E-state index is 13.3. The lowest BCUT2D eigenvalue weighted by molar-refractivity contribution is 0.0983. The maximum atomic E-state index is 13.3. The highest BCUT2D eigenvalue weighted by atomic mass is 32.1. The molecule has 3 aromatic rings. The molecule has 0 radical (unpaired) electrons. The molecule has 3 rings (SSSR count). The van der Waals surface area contributed by atoms with E-state index < -0.39 is 0 Å². The summed E-state index contributed by atoms with van der Waals surface area (Å²) in [5.74, 6) is -0.500. The van der Waals surface area contributed by atoms with E-state index in [2.05, 4.69) is 37.8 Å². The molecule has 0 bridgehead atoms. The summed E-state index contributed by atoms with van der Waals surface area (Å²) >= 11 is 1.53. The lowest BCUT2D eigenvalue weighted by Crippen LogP contribution is -2.38. The van der Waals surface area contributed by atoms with Gasteiger partial charge in [0.1, 0.15) is 5.82 Å². The second-order valence-corrected chi connectivity index (χ2v) is 7.65. The van der Waals surface area contributed by atoms with Gasteiger partial charge < -0.3 is 4.90 Å². The Kier molecular flexibility index (Phi) is 6.75. The van der Waals surface area contributed by atoms with Gasteiger partial charge in [0.25, 0.3) is 5.91 Å². The van der Waals surface area contributed by atoms with E-state index in [0.29, 0.717) is 17.2 Å². The van der Waals surface area contributed by atoms with E-state index in [1.807, 2.05) is 6.07 Å². The Bertz CT molecular complexity index is 935. The molecular formula is C22H26FN3OS. The van der Waals surface area contributed by atoms with E-state index in [0.717, 1.165) is 36.3 Å².